The van der Waals surface area contributed by atoms with E-state index in [0.29, 0.717) is 28.9 Å². The first-order chi connectivity index (χ1) is 22.4. The highest BCUT2D eigenvalue weighted by atomic mass is 32.2. The van der Waals surface area contributed by atoms with Crippen LogP contribution in [-0.2, 0) is 40.4 Å². The second kappa shape index (κ2) is 16.2. The van der Waals surface area contributed by atoms with Crippen molar-refractivity contribution in [1.29, 1.82) is 5.41 Å². The number of nitrogens with two attached hydrogens (primary N) is 1. The zero-order chi connectivity index (χ0) is 37.6. The topological polar surface area (TPSA) is 259 Å². The van der Waals surface area contributed by atoms with E-state index in [4.69, 9.17) is 20.6 Å². The number of aliphatic hydroxyl groups is 1. The number of rotatable bonds is 15. The lowest BCUT2D eigenvalue weighted by atomic mass is 9.94. The SMILES string of the molecule is Cc1c(C)c(S(=O)(=O)NC(=N)NCCC[C@H](NC(=O)[C@@H](N)CCC(=O)OC(C)(C)C)C(=O)N[C@H](C(=O)O)[C@@H](C)O)c(C)c2c1OC(C)(C)C2. The second-order valence-electron chi connectivity index (χ2n) is 14.0. The fourth-order valence-electron chi connectivity index (χ4n) is 5.38. The van der Waals surface area contributed by atoms with Crippen LogP contribution in [0.3, 0.4) is 0 Å². The molecule has 0 bridgehead atoms. The summed E-state index contributed by atoms with van der Waals surface area (Å²) in [6.07, 6.45) is -1.17. The summed E-state index contributed by atoms with van der Waals surface area (Å²) in [5, 5.41) is 34.7. The van der Waals surface area contributed by atoms with Crippen molar-refractivity contribution >= 4 is 39.7 Å². The molecule has 49 heavy (non-hydrogen) atoms. The molecule has 1 aromatic rings. The second-order valence-corrected chi connectivity index (χ2v) is 15.6. The third-order valence-corrected chi connectivity index (χ3v) is 9.49. The lowest BCUT2D eigenvalue weighted by Gasteiger charge is -2.24. The van der Waals surface area contributed by atoms with E-state index in [9.17, 15) is 37.8 Å². The first-order valence-electron chi connectivity index (χ1n) is 16.0. The van der Waals surface area contributed by atoms with E-state index < -0.39 is 75.2 Å². The number of carboxylic acids is 1. The average molecular weight is 713 g/mol. The van der Waals surface area contributed by atoms with Gasteiger partial charge in [-0.2, -0.15) is 0 Å². The summed E-state index contributed by atoms with van der Waals surface area (Å²) in [5.74, 6) is -3.62. The van der Waals surface area contributed by atoms with Crippen LogP contribution in [-0.4, -0.2) is 90.3 Å². The van der Waals surface area contributed by atoms with Crippen molar-refractivity contribution in [2.45, 2.75) is 135 Å². The van der Waals surface area contributed by atoms with Gasteiger partial charge >= 0.3 is 11.9 Å². The Morgan fingerprint density at radius 2 is 1.65 bits per heavy atom. The van der Waals surface area contributed by atoms with Crippen molar-refractivity contribution in [1.82, 2.24) is 20.7 Å². The molecule has 1 aliphatic rings. The Kier molecular flexibility index (Phi) is 13.6. The van der Waals surface area contributed by atoms with E-state index in [1.165, 1.54) is 6.92 Å². The van der Waals surface area contributed by atoms with Crippen LogP contribution in [0.5, 0.6) is 5.75 Å². The van der Waals surface area contributed by atoms with Crippen LogP contribution in [0, 0.1) is 26.2 Å². The summed E-state index contributed by atoms with van der Waals surface area (Å²) in [6.45, 7) is 15.2. The minimum atomic E-state index is -4.19. The predicted octanol–water partition coefficient (Wildman–Crippen LogP) is 0.792. The Bertz CT molecular complexity index is 1550. The maximum absolute atomic E-state index is 13.4. The van der Waals surface area contributed by atoms with E-state index >= 15 is 0 Å². The highest BCUT2D eigenvalue weighted by Gasteiger charge is 2.37. The molecule has 0 saturated carbocycles. The number of esters is 1. The van der Waals surface area contributed by atoms with Gasteiger partial charge in [-0.25, -0.2) is 17.9 Å². The average Bonchev–Trinajstić information content (AvgIpc) is 3.28. The molecule has 16 nitrogen and oxygen atoms in total. The number of guanidine groups is 1. The molecule has 0 fully saturated rings. The van der Waals surface area contributed by atoms with Crippen LogP contribution in [0.25, 0.3) is 0 Å². The predicted molar refractivity (Wildman–Crippen MR) is 181 cm³/mol. The highest BCUT2D eigenvalue weighted by Crippen LogP contribution is 2.43. The number of amides is 2. The standard InChI is InChI=1S/C32H52N6O10S/c1-16-17(2)26(18(3)20-15-32(8,9)48-25(16)20)49(45,46)38-30(34)35-14-10-11-22(28(42)37-24(19(4)39)29(43)44)36-27(41)21(33)12-13-23(40)47-31(5,6)7/h19,21-22,24,39H,10-15,33H2,1-9H3,(H,36,41)(H,37,42)(H,43,44)(H3,34,35,38)/t19-,21+,22+,24+/m1/s1. The van der Waals surface area contributed by atoms with Crippen molar-refractivity contribution in [2.75, 3.05) is 6.54 Å². The maximum Gasteiger partial charge on any atom is 0.328 e. The Balaban J connectivity index is 2.09. The fraction of sp³-hybridized carbons (Fsp3) is 0.656. The van der Waals surface area contributed by atoms with Crippen LogP contribution >= 0.6 is 0 Å². The Labute approximate surface area is 287 Å². The van der Waals surface area contributed by atoms with Crippen LogP contribution in [0.4, 0.5) is 0 Å². The molecule has 1 aromatic carbocycles. The summed E-state index contributed by atoms with van der Waals surface area (Å²) < 4.78 is 40.4. The number of benzene rings is 1. The largest absolute Gasteiger partial charge is 0.487 e. The molecular weight excluding hydrogens is 660 g/mol. The van der Waals surface area contributed by atoms with Crippen molar-refractivity contribution in [3.05, 3.63) is 22.3 Å². The van der Waals surface area contributed by atoms with E-state index in [-0.39, 0.29) is 37.1 Å². The smallest absolute Gasteiger partial charge is 0.328 e. The molecule has 276 valence electrons. The molecular formula is C32H52N6O10S. The summed E-state index contributed by atoms with van der Waals surface area (Å²) >= 11 is 0. The van der Waals surface area contributed by atoms with Crippen LogP contribution in [0.15, 0.2) is 4.90 Å². The number of carbonyl (C=O) groups is 4. The molecule has 4 atom stereocenters. The zero-order valence-corrected chi connectivity index (χ0v) is 30.5. The molecule has 9 N–H and O–H groups in total. The minimum Gasteiger partial charge on any atom is -0.487 e. The van der Waals surface area contributed by atoms with E-state index in [0.717, 1.165) is 5.56 Å². The third kappa shape index (κ3) is 11.6. The quantitative estimate of drug-likeness (QED) is 0.0544. The molecule has 2 rings (SSSR count). The third-order valence-electron chi connectivity index (χ3n) is 7.86. The summed E-state index contributed by atoms with van der Waals surface area (Å²) in [5.41, 5.74) is 7.26. The van der Waals surface area contributed by atoms with Gasteiger partial charge in [0.15, 0.2) is 6.04 Å². The van der Waals surface area contributed by atoms with Gasteiger partial charge in [0.05, 0.1) is 17.0 Å². The van der Waals surface area contributed by atoms with Gasteiger partial charge in [0, 0.05) is 24.9 Å². The molecule has 0 spiro atoms. The van der Waals surface area contributed by atoms with Crippen molar-refractivity contribution < 1.29 is 47.3 Å². The number of carboxylic acid groups (broad SMARTS) is 1. The highest BCUT2D eigenvalue weighted by molar-refractivity contribution is 7.90. The van der Waals surface area contributed by atoms with Crippen molar-refractivity contribution in [2.24, 2.45) is 5.73 Å². The number of ether oxygens (including phenoxy) is 2. The van der Waals surface area contributed by atoms with Gasteiger partial charge in [0.2, 0.25) is 17.8 Å². The van der Waals surface area contributed by atoms with Gasteiger partial charge in [-0.1, -0.05) is 0 Å². The maximum atomic E-state index is 13.4. The van der Waals surface area contributed by atoms with E-state index in [1.54, 1.807) is 41.5 Å². The van der Waals surface area contributed by atoms with Gasteiger partial charge in [0.25, 0.3) is 10.0 Å². The normalized spacial score (nSPS) is 16.2. The molecule has 0 saturated heterocycles. The van der Waals surface area contributed by atoms with Gasteiger partial charge in [0.1, 0.15) is 23.0 Å². The van der Waals surface area contributed by atoms with Crippen molar-refractivity contribution in [3.8, 4) is 5.75 Å². The molecule has 2 amide bonds. The number of fused-ring (bicyclic) bond motifs is 1. The number of nitrogens with one attached hydrogen (secondary N) is 5. The summed E-state index contributed by atoms with van der Waals surface area (Å²) in [4.78, 5) is 49.6. The summed E-state index contributed by atoms with van der Waals surface area (Å²) in [7, 11) is -4.19. The first-order valence-corrected chi connectivity index (χ1v) is 17.5. The zero-order valence-electron chi connectivity index (χ0n) is 29.7. The molecule has 0 unspecified atom stereocenters. The lowest BCUT2D eigenvalue weighted by Crippen LogP contribution is -2.56. The van der Waals surface area contributed by atoms with Crippen LogP contribution < -0.4 is 31.1 Å². The van der Waals surface area contributed by atoms with Gasteiger partial charge in [-0.05, 0) is 98.3 Å². The monoisotopic (exact) mass is 712 g/mol. The van der Waals surface area contributed by atoms with E-state index in [2.05, 4.69) is 20.7 Å². The number of hydrogen-bond acceptors (Lipinski definition) is 11. The lowest BCUT2D eigenvalue weighted by molar-refractivity contribution is -0.155. The molecule has 0 aliphatic carbocycles. The van der Waals surface area contributed by atoms with Crippen molar-refractivity contribution in [3.63, 3.8) is 0 Å². The number of aliphatic carboxylic acids is 1. The summed E-state index contributed by atoms with van der Waals surface area (Å²) in [6, 6.07) is -4.19. The fourth-order valence-corrected chi connectivity index (χ4v) is 6.90. The molecule has 1 aliphatic heterocycles. The molecule has 0 aromatic heterocycles. The van der Waals surface area contributed by atoms with E-state index in [1.807, 2.05) is 13.8 Å². The Morgan fingerprint density at radius 1 is 1.04 bits per heavy atom. The number of sulfonamides is 1. The Morgan fingerprint density at radius 3 is 2.20 bits per heavy atom. The molecule has 1 heterocycles. The molecule has 0 radical (unpaired) electrons. The van der Waals surface area contributed by atoms with Gasteiger partial charge in [-0.15, -0.1) is 0 Å². The minimum absolute atomic E-state index is 0.0202. The number of hydrogen-bond donors (Lipinski definition) is 8. The van der Waals surface area contributed by atoms with Gasteiger partial charge < -0.3 is 41.4 Å². The van der Waals surface area contributed by atoms with Crippen LogP contribution in [0.2, 0.25) is 0 Å². The van der Waals surface area contributed by atoms with Crippen LogP contribution in [0.1, 0.15) is 89.5 Å². The first kappa shape index (κ1) is 41.2. The Hall–Kier alpha value is -3.96. The molecule has 17 heteroatoms. The number of aliphatic hydroxyl groups excluding tert-OH is 1. The number of carbonyl (C=O) groups excluding carboxylic acids is 3. The van der Waals surface area contributed by atoms with Gasteiger partial charge in [-0.3, -0.25) is 19.8 Å².